The lowest BCUT2D eigenvalue weighted by atomic mass is 9.94. The van der Waals surface area contributed by atoms with Gasteiger partial charge in [0.1, 0.15) is 0 Å². The van der Waals surface area contributed by atoms with E-state index >= 15 is 0 Å². The first-order valence-electron chi connectivity index (χ1n) is 11.7. The first kappa shape index (κ1) is 23.2. The molecule has 174 valence electrons. The number of hydrogen-bond acceptors (Lipinski definition) is 5. The van der Waals surface area contributed by atoms with Gasteiger partial charge >= 0.3 is 0 Å². The highest BCUT2D eigenvalue weighted by molar-refractivity contribution is 5.94. The number of amides is 1. The molecule has 0 fully saturated rings. The van der Waals surface area contributed by atoms with Crippen molar-refractivity contribution in [1.29, 1.82) is 0 Å². The van der Waals surface area contributed by atoms with Gasteiger partial charge < -0.3 is 15.2 Å². The van der Waals surface area contributed by atoms with Crippen LogP contribution in [-0.4, -0.2) is 22.6 Å². The smallest absolute Gasteiger partial charge is 0.258 e. The summed E-state index contributed by atoms with van der Waals surface area (Å²) in [4.78, 5) is 16.7. The minimum atomic E-state index is -0.0405. The van der Waals surface area contributed by atoms with Crippen molar-refractivity contribution in [3.8, 4) is 22.8 Å². The first-order chi connectivity index (χ1) is 16.5. The van der Waals surface area contributed by atoms with Crippen LogP contribution < -0.4 is 10.6 Å². The molecule has 4 rings (SSSR count). The Balaban J connectivity index is 1.47. The summed E-state index contributed by atoms with van der Waals surface area (Å²) in [6.07, 6.45) is 0.918. The topological polar surface area (TPSA) is 80.0 Å². The summed E-state index contributed by atoms with van der Waals surface area (Å²) in [6.45, 7) is 7.09. The molecule has 0 bridgehead atoms. The van der Waals surface area contributed by atoms with Crippen LogP contribution in [0, 0.1) is 5.92 Å². The second kappa shape index (κ2) is 10.8. The van der Waals surface area contributed by atoms with Gasteiger partial charge in [-0.15, -0.1) is 0 Å². The maximum atomic E-state index is 12.1. The highest BCUT2D eigenvalue weighted by Crippen LogP contribution is 2.29. The number of rotatable bonds is 9. The third kappa shape index (κ3) is 5.52. The summed E-state index contributed by atoms with van der Waals surface area (Å²) < 4.78 is 5.45. The second-order valence-electron chi connectivity index (χ2n) is 8.61. The quantitative estimate of drug-likeness (QED) is 0.308. The summed E-state index contributed by atoms with van der Waals surface area (Å²) >= 11 is 0. The van der Waals surface area contributed by atoms with Crippen LogP contribution in [0.5, 0.6) is 0 Å². The lowest BCUT2D eigenvalue weighted by Gasteiger charge is -2.24. The van der Waals surface area contributed by atoms with Crippen LogP contribution in [0.1, 0.15) is 49.2 Å². The van der Waals surface area contributed by atoms with Gasteiger partial charge in [-0.2, -0.15) is 4.98 Å². The molecule has 2 N–H and O–H groups in total. The van der Waals surface area contributed by atoms with E-state index in [4.69, 9.17) is 4.52 Å². The molecule has 34 heavy (non-hydrogen) atoms. The molecule has 0 spiro atoms. The number of benzene rings is 3. The number of nitrogens with zero attached hydrogens (tertiary/aromatic N) is 2. The van der Waals surface area contributed by atoms with Gasteiger partial charge in [0.05, 0.1) is 6.04 Å². The number of hydrogen-bond donors (Lipinski definition) is 2. The Bertz CT molecular complexity index is 1200. The molecule has 0 radical (unpaired) electrons. The maximum Gasteiger partial charge on any atom is 0.258 e. The van der Waals surface area contributed by atoms with Crippen LogP contribution in [0.15, 0.2) is 83.4 Å². The minimum absolute atomic E-state index is 0.0405. The summed E-state index contributed by atoms with van der Waals surface area (Å²) in [5.41, 5.74) is 4.60. The van der Waals surface area contributed by atoms with E-state index in [9.17, 15) is 4.79 Å². The molecule has 4 aromatic rings. The first-order valence-corrected chi connectivity index (χ1v) is 11.7. The van der Waals surface area contributed by atoms with Crippen molar-refractivity contribution < 1.29 is 9.32 Å². The number of nitrogens with one attached hydrogen (secondary N) is 2. The third-order valence-corrected chi connectivity index (χ3v) is 5.65. The van der Waals surface area contributed by atoms with Crippen molar-refractivity contribution in [1.82, 2.24) is 15.5 Å². The van der Waals surface area contributed by atoms with Gasteiger partial charge in [0.25, 0.3) is 11.8 Å². The summed E-state index contributed by atoms with van der Waals surface area (Å²) in [5.74, 6) is 1.39. The Morgan fingerprint density at radius 3 is 2.26 bits per heavy atom. The zero-order valence-electron chi connectivity index (χ0n) is 19.8. The largest absolute Gasteiger partial charge is 0.378 e. The number of anilines is 1. The van der Waals surface area contributed by atoms with Gasteiger partial charge in [-0.1, -0.05) is 68.4 Å². The molecule has 1 heterocycles. The zero-order valence-corrected chi connectivity index (χ0v) is 19.8. The predicted molar refractivity (Wildman–Crippen MR) is 135 cm³/mol. The van der Waals surface area contributed by atoms with E-state index in [2.05, 4.69) is 46.8 Å². The van der Waals surface area contributed by atoms with E-state index in [1.54, 1.807) is 0 Å². The van der Waals surface area contributed by atoms with Crippen LogP contribution in [0.3, 0.4) is 0 Å². The third-order valence-electron chi connectivity index (χ3n) is 5.65. The van der Waals surface area contributed by atoms with Crippen LogP contribution in [-0.2, 0) is 0 Å². The minimum Gasteiger partial charge on any atom is -0.378 e. The Kier molecular flexibility index (Phi) is 7.38. The van der Waals surface area contributed by atoms with E-state index in [0.29, 0.717) is 29.7 Å². The van der Waals surface area contributed by atoms with Crippen LogP contribution in [0.2, 0.25) is 0 Å². The van der Waals surface area contributed by atoms with Gasteiger partial charge in [0.2, 0.25) is 5.82 Å². The van der Waals surface area contributed by atoms with Gasteiger partial charge in [-0.05, 0) is 54.3 Å². The molecular formula is C28H30N4O2. The Labute approximate surface area is 200 Å². The molecule has 0 aliphatic carbocycles. The highest BCUT2D eigenvalue weighted by atomic mass is 16.5. The van der Waals surface area contributed by atoms with E-state index < -0.39 is 0 Å². The number of aromatic nitrogens is 2. The fourth-order valence-corrected chi connectivity index (χ4v) is 3.75. The van der Waals surface area contributed by atoms with E-state index in [1.807, 2.05) is 73.7 Å². The maximum absolute atomic E-state index is 12.1. The van der Waals surface area contributed by atoms with Crippen molar-refractivity contribution in [2.24, 2.45) is 5.92 Å². The van der Waals surface area contributed by atoms with Gasteiger partial charge in [0.15, 0.2) is 0 Å². The second-order valence-corrected chi connectivity index (χ2v) is 8.61. The predicted octanol–water partition coefficient (Wildman–Crippen LogP) is 6.35. The fourth-order valence-electron chi connectivity index (χ4n) is 3.75. The van der Waals surface area contributed by atoms with Crippen molar-refractivity contribution in [2.45, 2.75) is 33.2 Å². The van der Waals surface area contributed by atoms with Gasteiger partial charge in [-0.3, -0.25) is 4.79 Å². The van der Waals surface area contributed by atoms with E-state index in [0.717, 1.165) is 28.8 Å². The van der Waals surface area contributed by atoms with Gasteiger partial charge in [-0.25, -0.2) is 0 Å². The SMILES string of the molecule is CCCNC(=O)c1ccc(N[C@@H](c2ccc(-c3noc(-c4ccccc4)n3)cc2)C(C)C)cc1. The average molecular weight is 455 g/mol. The van der Waals surface area contributed by atoms with Crippen LogP contribution in [0.25, 0.3) is 22.8 Å². The summed E-state index contributed by atoms with van der Waals surface area (Å²) in [7, 11) is 0. The molecule has 0 saturated heterocycles. The van der Waals surface area contributed by atoms with E-state index in [1.165, 1.54) is 0 Å². The molecule has 0 saturated carbocycles. The molecule has 0 aliphatic heterocycles. The lowest BCUT2D eigenvalue weighted by molar-refractivity contribution is 0.0953. The zero-order chi connectivity index (χ0) is 23.9. The lowest BCUT2D eigenvalue weighted by Crippen LogP contribution is -2.23. The average Bonchev–Trinajstić information content (AvgIpc) is 3.37. The summed E-state index contributed by atoms with van der Waals surface area (Å²) in [5, 5.41) is 10.7. The standard InChI is InChI=1S/C28H30N4O2/c1-4-18-29-27(33)22-14-16-24(17-15-22)30-25(19(2)3)20-10-12-21(13-11-20)26-31-28(34-32-26)23-8-6-5-7-9-23/h5-17,19,25,30H,4,18H2,1-3H3,(H,29,33)/t25-/m1/s1. The molecule has 1 atom stereocenters. The Morgan fingerprint density at radius 1 is 0.912 bits per heavy atom. The molecular weight excluding hydrogens is 424 g/mol. The monoisotopic (exact) mass is 454 g/mol. The van der Waals surface area contributed by atoms with Crippen molar-refractivity contribution in [3.63, 3.8) is 0 Å². The Hall–Kier alpha value is -3.93. The van der Waals surface area contributed by atoms with Gasteiger partial charge in [0, 0.05) is 28.9 Å². The molecule has 3 aromatic carbocycles. The van der Waals surface area contributed by atoms with Crippen molar-refractivity contribution in [2.75, 3.05) is 11.9 Å². The highest BCUT2D eigenvalue weighted by Gasteiger charge is 2.17. The molecule has 1 aromatic heterocycles. The molecule has 0 unspecified atom stereocenters. The fraction of sp³-hybridized carbons (Fsp3) is 0.250. The van der Waals surface area contributed by atoms with E-state index in [-0.39, 0.29) is 11.9 Å². The molecule has 6 nitrogen and oxygen atoms in total. The molecule has 1 amide bonds. The number of carbonyl (C=O) groups excluding carboxylic acids is 1. The van der Waals surface area contributed by atoms with Crippen molar-refractivity contribution in [3.05, 3.63) is 90.0 Å². The number of carbonyl (C=O) groups is 1. The Morgan fingerprint density at radius 2 is 1.62 bits per heavy atom. The van der Waals surface area contributed by atoms with Crippen LogP contribution >= 0.6 is 0 Å². The normalized spacial score (nSPS) is 11.9. The molecule has 6 heteroatoms. The molecule has 0 aliphatic rings. The summed E-state index contributed by atoms with van der Waals surface area (Å²) in [6, 6.07) is 25.7. The van der Waals surface area contributed by atoms with Crippen LogP contribution in [0.4, 0.5) is 5.69 Å². The van der Waals surface area contributed by atoms with Crippen molar-refractivity contribution >= 4 is 11.6 Å².